The van der Waals surface area contributed by atoms with Crippen LogP contribution in [0.3, 0.4) is 0 Å². The Kier molecular flexibility index (Phi) is 3.51. The molecule has 0 rings (SSSR count). The molecule has 0 saturated carbocycles. The second-order valence-electron chi connectivity index (χ2n) is 2.04. The maximum atomic E-state index is 12.7. The standard InChI is InChI=1S/C8H10F2O/c1-5(2)7(9)8(10)6(3)11-4/h1,3H2,2,4H3/b8-7-. The fourth-order valence-electron chi connectivity index (χ4n) is 0.399. The zero-order chi connectivity index (χ0) is 9.02. The molecule has 0 aromatic heterocycles. The monoisotopic (exact) mass is 160 g/mol. The Labute approximate surface area is 64.7 Å². The van der Waals surface area contributed by atoms with Crippen molar-refractivity contribution in [1.82, 2.24) is 0 Å². The van der Waals surface area contributed by atoms with E-state index < -0.39 is 11.7 Å². The third kappa shape index (κ3) is 2.53. The number of halogens is 2. The molecule has 1 nitrogen and oxygen atoms in total. The van der Waals surface area contributed by atoms with Gasteiger partial charge in [-0.25, -0.2) is 4.39 Å². The smallest absolute Gasteiger partial charge is 0.200 e. The van der Waals surface area contributed by atoms with Crippen LogP contribution in [-0.4, -0.2) is 7.11 Å². The normalized spacial score (nSPS) is 12.0. The first-order valence-corrected chi connectivity index (χ1v) is 2.95. The lowest BCUT2D eigenvalue weighted by atomic mass is 10.2. The molecular formula is C8H10F2O. The molecule has 0 aliphatic heterocycles. The summed E-state index contributed by atoms with van der Waals surface area (Å²) >= 11 is 0. The van der Waals surface area contributed by atoms with Gasteiger partial charge in [0.15, 0.2) is 11.7 Å². The van der Waals surface area contributed by atoms with Crippen LogP contribution in [0.5, 0.6) is 0 Å². The highest BCUT2D eigenvalue weighted by Gasteiger charge is 2.10. The SMILES string of the molecule is C=C(C)/C(F)=C(/F)C(=C)OC. The summed E-state index contributed by atoms with van der Waals surface area (Å²) in [5, 5.41) is 0. The van der Waals surface area contributed by atoms with Crippen LogP contribution in [0.4, 0.5) is 8.78 Å². The summed E-state index contributed by atoms with van der Waals surface area (Å²) in [6.07, 6.45) is 0. The highest BCUT2D eigenvalue weighted by molar-refractivity contribution is 5.30. The van der Waals surface area contributed by atoms with E-state index in [0.717, 1.165) is 0 Å². The maximum absolute atomic E-state index is 12.7. The second-order valence-corrected chi connectivity index (χ2v) is 2.04. The molecule has 0 amide bonds. The fraction of sp³-hybridized carbons (Fsp3) is 0.250. The van der Waals surface area contributed by atoms with Crippen molar-refractivity contribution in [2.24, 2.45) is 0 Å². The van der Waals surface area contributed by atoms with E-state index in [1.165, 1.54) is 14.0 Å². The molecule has 0 saturated heterocycles. The number of ether oxygens (including phenoxy) is 1. The van der Waals surface area contributed by atoms with Crippen LogP contribution in [0.25, 0.3) is 0 Å². The maximum Gasteiger partial charge on any atom is 0.200 e. The largest absolute Gasteiger partial charge is 0.494 e. The summed E-state index contributed by atoms with van der Waals surface area (Å²) in [7, 11) is 1.22. The Morgan fingerprint density at radius 1 is 1.18 bits per heavy atom. The molecule has 62 valence electrons. The van der Waals surface area contributed by atoms with Gasteiger partial charge in [-0.15, -0.1) is 0 Å². The summed E-state index contributed by atoms with van der Waals surface area (Å²) in [5.74, 6) is -2.44. The molecule has 0 aliphatic carbocycles. The lowest BCUT2D eigenvalue weighted by molar-refractivity contribution is 0.281. The number of hydrogen-bond acceptors (Lipinski definition) is 1. The molecule has 0 unspecified atom stereocenters. The summed E-state index contributed by atoms with van der Waals surface area (Å²) in [6, 6.07) is 0. The zero-order valence-electron chi connectivity index (χ0n) is 6.58. The van der Waals surface area contributed by atoms with E-state index in [1.54, 1.807) is 0 Å². The minimum atomic E-state index is -1.10. The van der Waals surface area contributed by atoms with E-state index in [4.69, 9.17) is 0 Å². The van der Waals surface area contributed by atoms with Crippen LogP contribution in [0.15, 0.2) is 36.1 Å². The van der Waals surface area contributed by atoms with Gasteiger partial charge in [-0.05, 0) is 12.5 Å². The molecular weight excluding hydrogens is 150 g/mol. The molecule has 0 bridgehead atoms. The van der Waals surface area contributed by atoms with Gasteiger partial charge in [0.05, 0.1) is 7.11 Å². The molecule has 0 heterocycles. The first-order chi connectivity index (χ1) is 5.00. The Morgan fingerprint density at radius 3 is 1.91 bits per heavy atom. The predicted octanol–water partition coefficient (Wildman–Crippen LogP) is 2.87. The van der Waals surface area contributed by atoms with E-state index >= 15 is 0 Å². The summed E-state index contributed by atoms with van der Waals surface area (Å²) < 4.78 is 29.7. The van der Waals surface area contributed by atoms with Gasteiger partial charge in [0, 0.05) is 0 Å². The van der Waals surface area contributed by atoms with Crippen LogP contribution in [0.2, 0.25) is 0 Å². The van der Waals surface area contributed by atoms with Crippen molar-refractivity contribution in [3.05, 3.63) is 36.1 Å². The first kappa shape index (κ1) is 9.88. The van der Waals surface area contributed by atoms with Gasteiger partial charge in [-0.2, -0.15) is 4.39 Å². The molecule has 0 aliphatic rings. The van der Waals surface area contributed by atoms with Crippen molar-refractivity contribution < 1.29 is 13.5 Å². The van der Waals surface area contributed by atoms with Crippen molar-refractivity contribution in [3.63, 3.8) is 0 Å². The molecule has 3 heteroatoms. The van der Waals surface area contributed by atoms with Crippen molar-refractivity contribution in [1.29, 1.82) is 0 Å². The average Bonchev–Trinajstić information content (AvgIpc) is 2.00. The molecule has 0 atom stereocenters. The van der Waals surface area contributed by atoms with E-state index in [9.17, 15) is 8.78 Å². The summed E-state index contributed by atoms with van der Waals surface area (Å²) in [5.41, 5.74) is 0.0145. The van der Waals surface area contributed by atoms with Crippen molar-refractivity contribution in [3.8, 4) is 0 Å². The van der Waals surface area contributed by atoms with Gasteiger partial charge in [-0.1, -0.05) is 13.2 Å². The molecule has 0 aromatic rings. The minimum absolute atomic E-state index is 0.0145. The highest BCUT2D eigenvalue weighted by atomic mass is 19.2. The van der Waals surface area contributed by atoms with Crippen molar-refractivity contribution in [2.75, 3.05) is 7.11 Å². The topological polar surface area (TPSA) is 9.23 Å². The van der Waals surface area contributed by atoms with Crippen LogP contribution in [0.1, 0.15) is 6.92 Å². The Morgan fingerprint density at radius 2 is 1.64 bits per heavy atom. The fourth-order valence-corrected chi connectivity index (χ4v) is 0.399. The number of allylic oxidation sites excluding steroid dienone is 3. The van der Waals surface area contributed by atoms with E-state index in [-0.39, 0.29) is 11.3 Å². The molecule has 11 heavy (non-hydrogen) atoms. The number of hydrogen-bond donors (Lipinski definition) is 0. The lowest BCUT2D eigenvalue weighted by Gasteiger charge is -2.01. The minimum Gasteiger partial charge on any atom is -0.494 e. The van der Waals surface area contributed by atoms with Gasteiger partial charge in [0.2, 0.25) is 0 Å². The van der Waals surface area contributed by atoms with Crippen LogP contribution >= 0.6 is 0 Å². The quantitative estimate of drug-likeness (QED) is 0.455. The Bertz CT molecular complexity index is 216. The van der Waals surface area contributed by atoms with Gasteiger partial charge < -0.3 is 4.74 Å². The van der Waals surface area contributed by atoms with Gasteiger partial charge in [0.1, 0.15) is 5.76 Å². The van der Waals surface area contributed by atoms with E-state index in [2.05, 4.69) is 17.9 Å². The van der Waals surface area contributed by atoms with Gasteiger partial charge >= 0.3 is 0 Å². The molecule has 0 fully saturated rings. The predicted molar refractivity (Wildman–Crippen MR) is 40.2 cm³/mol. The zero-order valence-corrected chi connectivity index (χ0v) is 6.58. The molecule has 0 spiro atoms. The van der Waals surface area contributed by atoms with Crippen LogP contribution in [0, 0.1) is 0 Å². The van der Waals surface area contributed by atoms with Crippen LogP contribution in [-0.2, 0) is 4.74 Å². The Hall–Kier alpha value is -1.12. The van der Waals surface area contributed by atoms with Gasteiger partial charge in [-0.3, -0.25) is 0 Å². The second kappa shape index (κ2) is 3.91. The first-order valence-electron chi connectivity index (χ1n) is 2.95. The van der Waals surface area contributed by atoms with E-state index in [0.29, 0.717) is 0 Å². The average molecular weight is 160 g/mol. The Balaban J connectivity index is 4.66. The molecule has 0 radical (unpaired) electrons. The molecule has 0 aromatic carbocycles. The third-order valence-electron chi connectivity index (χ3n) is 1.06. The number of methoxy groups -OCH3 is 1. The van der Waals surface area contributed by atoms with Crippen LogP contribution < -0.4 is 0 Å². The molecule has 0 N–H and O–H groups in total. The lowest BCUT2D eigenvalue weighted by Crippen LogP contribution is -1.89. The van der Waals surface area contributed by atoms with Crippen molar-refractivity contribution >= 4 is 0 Å². The van der Waals surface area contributed by atoms with Gasteiger partial charge in [0.25, 0.3) is 0 Å². The number of rotatable bonds is 3. The highest BCUT2D eigenvalue weighted by Crippen LogP contribution is 2.21. The summed E-state index contributed by atoms with van der Waals surface area (Å²) in [6.45, 7) is 7.72. The van der Waals surface area contributed by atoms with Crippen molar-refractivity contribution in [2.45, 2.75) is 6.92 Å². The van der Waals surface area contributed by atoms with E-state index in [1.807, 2.05) is 0 Å². The third-order valence-corrected chi connectivity index (χ3v) is 1.06. The summed E-state index contributed by atoms with van der Waals surface area (Å²) in [4.78, 5) is 0.